The average molecular weight is 375 g/mol. The summed E-state index contributed by atoms with van der Waals surface area (Å²) in [6.45, 7) is 1.97. The quantitative estimate of drug-likeness (QED) is 0.549. The molecule has 0 bridgehead atoms. The third-order valence-electron chi connectivity index (χ3n) is 4.45. The van der Waals surface area contributed by atoms with Crippen molar-refractivity contribution in [3.63, 3.8) is 0 Å². The van der Waals surface area contributed by atoms with Gasteiger partial charge in [0.15, 0.2) is 0 Å². The molecule has 1 aliphatic heterocycles. The van der Waals surface area contributed by atoms with Gasteiger partial charge in [0.05, 0.1) is 6.42 Å². The van der Waals surface area contributed by atoms with Gasteiger partial charge in [-0.15, -0.1) is 0 Å². The van der Waals surface area contributed by atoms with Crippen molar-refractivity contribution in [2.75, 3.05) is 6.54 Å². The molecule has 3 N–H and O–H groups in total. The second kappa shape index (κ2) is 8.40. The molecule has 0 aromatic heterocycles. The van der Waals surface area contributed by atoms with Gasteiger partial charge in [0.1, 0.15) is 5.54 Å². The van der Waals surface area contributed by atoms with Gasteiger partial charge in [0.2, 0.25) is 5.91 Å². The summed E-state index contributed by atoms with van der Waals surface area (Å²) in [5.41, 5.74) is 1.77. The van der Waals surface area contributed by atoms with E-state index in [1.165, 1.54) is 6.92 Å². The molecule has 1 atom stereocenters. The minimum absolute atomic E-state index is 0.0986. The number of nitrogens with one attached hydrogen (secondary N) is 3. The Balaban J connectivity index is 1.46. The van der Waals surface area contributed by atoms with Crippen molar-refractivity contribution in [3.05, 3.63) is 71.3 Å². The molecule has 3 rings (SSSR count). The Kier molecular flexibility index (Phi) is 5.75. The largest absolute Gasteiger partial charge is 0.356 e. The van der Waals surface area contributed by atoms with Crippen LogP contribution in [-0.4, -0.2) is 29.9 Å². The van der Waals surface area contributed by atoms with Crippen LogP contribution in [-0.2, 0) is 16.0 Å². The molecule has 28 heavy (non-hydrogen) atoms. The minimum atomic E-state index is -1.19. The van der Waals surface area contributed by atoms with Gasteiger partial charge in [0.25, 0.3) is 5.91 Å². The Morgan fingerprint density at radius 2 is 1.64 bits per heavy atom. The summed E-state index contributed by atoms with van der Waals surface area (Å²) in [5, 5.41) is 7.40. The highest BCUT2D eigenvalue weighted by molar-refractivity contribution is 6.08. The van der Waals surface area contributed by atoms with Gasteiger partial charge in [0, 0.05) is 17.7 Å². The van der Waals surface area contributed by atoms with Crippen LogP contribution in [0.25, 0.3) is 0 Å². The number of amides is 4. The average Bonchev–Trinajstić information content (AvgIpc) is 2.93. The third-order valence-corrected chi connectivity index (χ3v) is 4.45. The molecule has 6 heteroatoms. The first-order chi connectivity index (χ1) is 13.4. The highest BCUT2D eigenvalue weighted by Gasteiger charge is 2.43. The van der Waals surface area contributed by atoms with E-state index in [0.717, 1.165) is 16.7 Å². The van der Waals surface area contributed by atoms with Gasteiger partial charge >= 0.3 is 6.03 Å². The van der Waals surface area contributed by atoms with Crippen molar-refractivity contribution in [2.45, 2.75) is 25.3 Å². The number of urea groups is 1. The van der Waals surface area contributed by atoms with Crippen LogP contribution in [0.3, 0.4) is 0 Å². The van der Waals surface area contributed by atoms with Gasteiger partial charge in [-0.25, -0.2) is 4.79 Å². The van der Waals surface area contributed by atoms with Crippen LogP contribution in [0.15, 0.2) is 54.6 Å². The molecule has 1 heterocycles. The Hall–Kier alpha value is -3.59. The number of carbonyl (C=O) groups is 3. The Bertz CT molecular complexity index is 942. The molecule has 0 radical (unpaired) electrons. The van der Waals surface area contributed by atoms with Crippen LogP contribution in [0.5, 0.6) is 0 Å². The van der Waals surface area contributed by atoms with Crippen molar-refractivity contribution in [3.8, 4) is 11.8 Å². The van der Waals surface area contributed by atoms with Gasteiger partial charge in [-0.05, 0) is 43.2 Å². The van der Waals surface area contributed by atoms with E-state index < -0.39 is 17.5 Å². The second-order valence-corrected chi connectivity index (χ2v) is 6.83. The molecule has 1 saturated heterocycles. The molecule has 0 aliphatic carbocycles. The molecule has 0 spiro atoms. The summed E-state index contributed by atoms with van der Waals surface area (Å²) < 4.78 is 0. The summed E-state index contributed by atoms with van der Waals surface area (Å²) in [5.74, 6) is 5.46. The van der Waals surface area contributed by atoms with Gasteiger partial charge in [-0.1, -0.05) is 42.2 Å². The van der Waals surface area contributed by atoms with Crippen LogP contribution in [0.2, 0.25) is 0 Å². The zero-order valence-corrected chi connectivity index (χ0v) is 15.5. The highest BCUT2D eigenvalue weighted by Crippen LogP contribution is 2.14. The molecule has 6 nitrogen and oxygen atoms in total. The Morgan fingerprint density at radius 1 is 1.00 bits per heavy atom. The van der Waals surface area contributed by atoms with Crippen LogP contribution in [0.4, 0.5) is 4.79 Å². The van der Waals surface area contributed by atoms with Gasteiger partial charge in [-0.2, -0.15) is 0 Å². The van der Waals surface area contributed by atoms with E-state index in [-0.39, 0.29) is 12.3 Å². The first kappa shape index (κ1) is 19.2. The maximum atomic E-state index is 12.1. The number of benzene rings is 2. The third kappa shape index (κ3) is 4.98. The topological polar surface area (TPSA) is 87.3 Å². The zero-order valence-electron chi connectivity index (χ0n) is 15.5. The van der Waals surface area contributed by atoms with E-state index >= 15 is 0 Å². The molecule has 0 saturated carbocycles. The molecular formula is C22H21N3O3. The fourth-order valence-electron chi connectivity index (χ4n) is 2.85. The van der Waals surface area contributed by atoms with Gasteiger partial charge < -0.3 is 10.6 Å². The first-order valence-electron chi connectivity index (χ1n) is 9.01. The van der Waals surface area contributed by atoms with E-state index in [1.807, 2.05) is 54.6 Å². The van der Waals surface area contributed by atoms with Crippen molar-refractivity contribution >= 4 is 17.8 Å². The van der Waals surface area contributed by atoms with Crippen LogP contribution < -0.4 is 16.0 Å². The van der Waals surface area contributed by atoms with Crippen molar-refractivity contribution in [2.24, 2.45) is 0 Å². The SMILES string of the molecule is CC1(CC(=O)NCCc2ccc(C#Cc3ccccc3)cc2)NC(=O)NC1=O. The minimum Gasteiger partial charge on any atom is -0.356 e. The van der Waals surface area contributed by atoms with Gasteiger partial charge in [-0.3, -0.25) is 14.9 Å². The van der Waals surface area contributed by atoms with E-state index in [1.54, 1.807) is 0 Å². The summed E-state index contributed by atoms with van der Waals surface area (Å²) in [6, 6.07) is 17.1. The molecule has 2 aromatic carbocycles. The first-order valence-corrected chi connectivity index (χ1v) is 9.01. The number of hydrogen-bond acceptors (Lipinski definition) is 3. The van der Waals surface area contributed by atoms with Crippen molar-refractivity contribution in [1.29, 1.82) is 0 Å². The van der Waals surface area contributed by atoms with E-state index in [9.17, 15) is 14.4 Å². The van der Waals surface area contributed by atoms with Crippen molar-refractivity contribution in [1.82, 2.24) is 16.0 Å². The second-order valence-electron chi connectivity index (χ2n) is 6.83. The lowest BCUT2D eigenvalue weighted by Crippen LogP contribution is -2.47. The summed E-state index contributed by atoms with van der Waals surface area (Å²) >= 11 is 0. The van der Waals surface area contributed by atoms with Crippen LogP contribution in [0, 0.1) is 11.8 Å². The Labute approximate surface area is 163 Å². The smallest absolute Gasteiger partial charge is 0.322 e. The summed E-state index contributed by atoms with van der Waals surface area (Å²) in [7, 11) is 0. The monoisotopic (exact) mass is 375 g/mol. The van der Waals surface area contributed by atoms with E-state index in [4.69, 9.17) is 0 Å². The number of hydrogen-bond donors (Lipinski definition) is 3. The zero-order chi connectivity index (χ0) is 20.0. The lowest BCUT2D eigenvalue weighted by atomic mass is 9.98. The maximum Gasteiger partial charge on any atom is 0.322 e. The normalized spacial score (nSPS) is 17.9. The molecule has 1 fully saturated rings. The molecule has 4 amide bonds. The number of imide groups is 1. The highest BCUT2D eigenvalue weighted by atomic mass is 16.2. The molecular weight excluding hydrogens is 354 g/mol. The predicted molar refractivity (Wildman–Crippen MR) is 105 cm³/mol. The van der Waals surface area contributed by atoms with Crippen LogP contribution in [0.1, 0.15) is 30.0 Å². The lowest BCUT2D eigenvalue weighted by molar-refractivity contribution is -0.129. The fraction of sp³-hybridized carbons (Fsp3) is 0.227. The number of rotatable bonds is 5. The Morgan fingerprint density at radius 3 is 2.25 bits per heavy atom. The lowest BCUT2D eigenvalue weighted by Gasteiger charge is -2.19. The molecule has 142 valence electrons. The van der Waals surface area contributed by atoms with Crippen molar-refractivity contribution < 1.29 is 14.4 Å². The number of carbonyl (C=O) groups excluding carboxylic acids is 3. The fourth-order valence-corrected chi connectivity index (χ4v) is 2.85. The standard InChI is InChI=1S/C22H21N3O3/c1-22(20(27)24-21(28)25-22)15-19(26)23-14-13-18-11-9-17(10-12-18)8-7-16-5-3-2-4-6-16/h2-6,9-12H,13-15H2,1H3,(H,23,26)(H2,24,25,27,28). The molecule has 1 aliphatic rings. The maximum absolute atomic E-state index is 12.1. The summed E-state index contributed by atoms with van der Waals surface area (Å²) in [4.78, 5) is 35.0. The molecule has 1 unspecified atom stereocenters. The van der Waals surface area contributed by atoms with E-state index in [2.05, 4.69) is 27.8 Å². The summed E-state index contributed by atoms with van der Waals surface area (Å²) in [6.07, 6.45) is 0.561. The van der Waals surface area contributed by atoms with Crippen LogP contribution >= 0.6 is 0 Å². The molecule has 2 aromatic rings. The predicted octanol–water partition coefficient (Wildman–Crippen LogP) is 1.73. The van der Waals surface area contributed by atoms with E-state index in [0.29, 0.717) is 13.0 Å².